The van der Waals surface area contributed by atoms with Gasteiger partial charge in [0.2, 0.25) is 5.91 Å². The number of hydrogen-bond acceptors (Lipinski definition) is 4. The molecule has 0 bridgehead atoms. The van der Waals surface area contributed by atoms with Crippen molar-refractivity contribution in [2.75, 3.05) is 18.7 Å². The van der Waals surface area contributed by atoms with E-state index in [-0.39, 0.29) is 91.7 Å². The molecule has 0 atom stereocenters. The third-order valence-electron chi connectivity index (χ3n) is 3.14. The fourth-order valence-electron chi connectivity index (χ4n) is 2.15. The molecule has 1 aliphatic rings. The van der Waals surface area contributed by atoms with Gasteiger partial charge in [-0.15, -0.1) is 0 Å². The Morgan fingerprint density at radius 2 is 2.00 bits per heavy atom. The Balaban J connectivity index is 2.84. The highest BCUT2D eigenvalue weighted by Gasteiger charge is 2.26. The molecule has 0 unspecified atom stereocenters. The van der Waals surface area contributed by atoms with Crippen LogP contribution in [0.2, 0.25) is 0 Å². The number of nitrogens with zero attached hydrogens (tertiary/aromatic N) is 1. The summed E-state index contributed by atoms with van der Waals surface area (Å²) in [6.07, 6.45) is 0. The van der Waals surface area contributed by atoms with Crippen LogP contribution in [0.3, 0.4) is 0 Å². The van der Waals surface area contributed by atoms with E-state index in [0.29, 0.717) is 11.3 Å². The van der Waals surface area contributed by atoms with Gasteiger partial charge in [0.05, 0.1) is 13.8 Å². The van der Waals surface area contributed by atoms with Crippen molar-refractivity contribution in [2.45, 2.75) is 13.8 Å². The van der Waals surface area contributed by atoms with Gasteiger partial charge in [-0.2, -0.15) is 5.06 Å². The van der Waals surface area contributed by atoms with Gasteiger partial charge in [0.15, 0.2) is 0 Å². The van der Waals surface area contributed by atoms with Crippen LogP contribution in [-0.4, -0.2) is 36.3 Å². The van der Waals surface area contributed by atoms with Gasteiger partial charge in [-0.1, -0.05) is 62.2 Å². The quantitative estimate of drug-likeness (QED) is 0.278. The molecule has 1 aromatic rings. The van der Waals surface area contributed by atoms with Crippen molar-refractivity contribution in [3.05, 3.63) is 28.8 Å². The Morgan fingerprint density at radius 1 is 1.27 bits per heavy atom. The maximum Gasteiger partial charge on any atom is 0.253 e. The molecule has 0 spiro atoms. The first kappa shape index (κ1) is 22.2. The Labute approximate surface area is 186 Å². The van der Waals surface area contributed by atoms with E-state index >= 15 is 0 Å². The fourth-order valence-corrected chi connectivity index (χ4v) is 23.8. The molecule has 0 saturated heterocycles. The molecule has 0 aliphatic carbocycles. The monoisotopic (exact) mass is 716 g/mol. The standard InChI is InChI=1S/C16H16ClI3N2O4/c1-4-26-22(9(2)23)12-6-10(16(25)21-3)5-11(14(17)24)13(12)15-19-7-18-8-20-15/h5-8H,4H2,1-3H3,(H,21,25). The molecule has 1 N–H and O–H groups in total. The van der Waals surface area contributed by atoms with E-state index < -0.39 is 5.24 Å². The minimum absolute atomic E-state index is 0.0378. The van der Waals surface area contributed by atoms with Crippen molar-refractivity contribution in [3.8, 4) is 0 Å². The van der Waals surface area contributed by atoms with E-state index in [2.05, 4.69) is 9.35 Å². The number of hydroxylamine groups is 1. The van der Waals surface area contributed by atoms with E-state index in [1.54, 1.807) is 13.0 Å². The Bertz CT molecular complexity index is 852. The highest BCUT2D eigenvalue weighted by molar-refractivity contribution is 14.3. The molecular formula is C16H16ClI3N2O4. The second-order valence-electron chi connectivity index (χ2n) is 4.77. The smallest absolute Gasteiger partial charge is 0.253 e. The van der Waals surface area contributed by atoms with Crippen LogP contribution in [0.5, 0.6) is 0 Å². The summed E-state index contributed by atoms with van der Waals surface area (Å²) in [5.74, 6) is -0.692. The van der Waals surface area contributed by atoms with Crippen molar-refractivity contribution in [1.29, 1.82) is 0 Å². The number of halogens is 4. The SMILES string of the molecule is CCON(C(C)=O)c1cc(C(=O)NC)cc(C(=O)Cl)c1C1=IC=IC=I1. The minimum atomic E-state index is -0.646. The molecule has 1 aliphatic heterocycles. The van der Waals surface area contributed by atoms with E-state index in [9.17, 15) is 14.4 Å². The number of carbonyl (C=O) groups excluding carboxylic acids is 3. The molecule has 0 saturated carbocycles. The van der Waals surface area contributed by atoms with Crippen LogP contribution >= 0.6 is 73.8 Å². The number of amides is 2. The molecule has 2 amide bonds. The molecule has 1 heterocycles. The second-order valence-corrected chi connectivity index (χ2v) is 18.6. The van der Waals surface area contributed by atoms with Gasteiger partial charge in [-0.3, -0.25) is 19.2 Å². The maximum atomic E-state index is 12.2. The van der Waals surface area contributed by atoms with Gasteiger partial charge in [0.1, 0.15) is 0 Å². The van der Waals surface area contributed by atoms with Crippen molar-refractivity contribution >= 4 is 102 Å². The Hall–Kier alpha value is -0.120. The molecule has 142 valence electrons. The van der Waals surface area contributed by atoms with Crippen molar-refractivity contribution in [3.63, 3.8) is 0 Å². The third-order valence-corrected chi connectivity index (χ3v) is 16.5. The van der Waals surface area contributed by atoms with Crippen LogP contribution in [-0.2, 0) is 9.63 Å². The summed E-state index contributed by atoms with van der Waals surface area (Å²) in [7, 11) is 1.50. The maximum absolute atomic E-state index is 12.2. The average Bonchev–Trinajstić information content (AvgIpc) is 2.64. The summed E-state index contributed by atoms with van der Waals surface area (Å²) in [6.45, 7) is 3.43. The summed E-state index contributed by atoms with van der Waals surface area (Å²) >= 11 is 5.26. The molecule has 2 rings (SSSR count). The van der Waals surface area contributed by atoms with Crippen LogP contribution in [0.1, 0.15) is 40.1 Å². The lowest BCUT2D eigenvalue weighted by Crippen LogP contribution is -2.31. The molecular weight excluding hydrogens is 700 g/mol. The lowest BCUT2D eigenvalue weighted by molar-refractivity contribution is -0.123. The number of anilines is 1. The summed E-state index contributed by atoms with van der Waals surface area (Å²) in [6, 6.07) is 3.10. The summed E-state index contributed by atoms with van der Waals surface area (Å²) in [5.41, 5.74) is 1.60. The average molecular weight is 716 g/mol. The summed E-state index contributed by atoms with van der Waals surface area (Å²) < 4.78 is 5.85. The molecule has 0 aromatic heterocycles. The Kier molecular flexibility index (Phi) is 8.90. The second kappa shape index (κ2) is 10.4. The predicted molar refractivity (Wildman–Crippen MR) is 133 cm³/mol. The molecule has 0 radical (unpaired) electrons. The van der Waals surface area contributed by atoms with Gasteiger partial charge in [-0.25, -0.2) is 0 Å². The fraction of sp³-hybridized carbons (Fsp3) is 0.250. The van der Waals surface area contributed by atoms with Gasteiger partial charge in [0.25, 0.3) is 11.1 Å². The number of carbonyl (C=O) groups is 3. The highest BCUT2D eigenvalue weighted by Crippen LogP contribution is 2.36. The van der Waals surface area contributed by atoms with Gasteiger partial charge >= 0.3 is 0 Å². The highest BCUT2D eigenvalue weighted by atomic mass is 127. The topological polar surface area (TPSA) is 75.7 Å². The molecule has 1 aromatic carbocycles. The van der Waals surface area contributed by atoms with Crippen LogP contribution in [0.15, 0.2) is 12.1 Å². The zero-order valence-electron chi connectivity index (χ0n) is 14.1. The zero-order valence-corrected chi connectivity index (χ0v) is 21.3. The molecule has 6 nitrogen and oxygen atoms in total. The van der Waals surface area contributed by atoms with Gasteiger partial charge < -0.3 is 5.32 Å². The van der Waals surface area contributed by atoms with E-state index in [0.717, 1.165) is 5.06 Å². The largest absolute Gasteiger partial charge is 0.355 e. The van der Waals surface area contributed by atoms with Crippen LogP contribution < -0.4 is 10.4 Å². The first-order chi connectivity index (χ1) is 12.4. The van der Waals surface area contributed by atoms with E-state index in [1.165, 1.54) is 21.6 Å². The van der Waals surface area contributed by atoms with E-state index in [1.807, 2.05) is 0 Å². The van der Waals surface area contributed by atoms with E-state index in [4.69, 9.17) is 16.4 Å². The summed E-state index contributed by atoms with van der Waals surface area (Å²) in [5, 5.41) is 3.05. The lowest BCUT2D eigenvalue weighted by Gasteiger charge is -2.24. The van der Waals surface area contributed by atoms with Crippen molar-refractivity contribution in [2.24, 2.45) is 0 Å². The van der Waals surface area contributed by atoms with Crippen LogP contribution in [0.4, 0.5) is 5.69 Å². The van der Waals surface area contributed by atoms with Crippen LogP contribution in [0.25, 0.3) is 0 Å². The number of rotatable bonds is 6. The molecule has 0 fully saturated rings. The van der Waals surface area contributed by atoms with Crippen molar-refractivity contribution in [1.82, 2.24) is 5.32 Å². The van der Waals surface area contributed by atoms with Gasteiger partial charge in [0, 0.05) is 34.7 Å². The number of hydrogen-bond donors (Lipinski definition) is 1. The first-order valence-electron chi connectivity index (χ1n) is 7.33. The zero-order chi connectivity index (χ0) is 19.3. The number of nitrogens with one attached hydrogen (secondary N) is 1. The van der Waals surface area contributed by atoms with Crippen molar-refractivity contribution < 1.29 is 19.2 Å². The van der Waals surface area contributed by atoms with Gasteiger partial charge in [-0.05, 0) is 30.7 Å². The molecule has 26 heavy (non-hydrogen) atoms. The third kappa shape index (κ3) is 5.23. The normalized spacial score (nSPS) is 13.5. The first-order valence-corrected chi connectivity index (χ1v) is 14.9. The Morgan fingerprint density at radius 3 is 2.50 bits per heavy atom. The predicted octanol–water partition coefficient (Wildman–Crippen LogP) is 3.65. The molecule has 10 heteroatoms. The summed E-state index contributed by atoms with van der Waals surface area (Å²) in [4.78, 5) is 42.0. The lowest BCUT2D eigenvalue weighted by atomic mass is 10.0. The minimum Gasteiger partial charge on any atom is -0.355 e. The van der Waals surface area contributed by atoms with Crippen LogP contribution in [0, 0.1) is 0 Å². The number of benzene rings is 1.